The normalized spacial score (nSPS) is 20.6. The molecule has 2 amide bonds. The summed E-state index contributed by atoms with van der Waals surface area (Å²) in [7, 11) is 0. The molecule has 1 saturated heterocycles. The Labute approximate surface area is 130 Å². The van der Waals surface area contributed by atoms with Crippen molar-refractivity contribution in [2.24, 2.45) is 0 Å². The minimum Gasteiger partial charge on any atom is -0.493 e. The SMILES string of the molecule is O=C(NCc1ccc2c(c1)CCCO2)NCC1CNCCO1. The number of aryl methyl sites for hydroxylation is 1. The van der Waals surface area contributed by atoms with Gasteiger partial charge in [0.25, 0.3) is 0 Å². The summed E-state index contributed by atoms with van der Waals surface area (Å²) in [5.74, 6) is 0.974. The Morgan fingerprint density at radius 3 is 3.14 bits per heavy atom. The number of benzene rings is 1. The third-order valence-electron chi connectivity index (χ3n) is 3.92. The molecule has 1 atom stereocenters. The number of carbonyl (C=O) groups is 1. The van der Waals surface area contributed by atoms with Gasteiger partial charge < -0.3 is 25.4 Å². The molecule has 6 nitrogen and oxygen atoms in total. The van der Waals surface area contributed by atoms with Gasteiger partial charge in [-0.2, -0.15) is 0 Å². The first-order valence-electron chi connectivity index (χ1n) is 7.90. The van der Waals surface area contributed by atoms with Crippen LogP contribution in [-0.2, 0) is 17.7 Å². The maximum Gasteiger partial charge on any atom is 0.315 e. The van der Waals surface area contributed by atoms with Crippen LogP contribution in [0.1, 0.15) is 17.5 Å². The van der Waals surface area contributed by atoms with Crippen molar-refractivity contribution >= 4 is 6.03 Å². The highest BCUT2D eigenvalue weighted by atomic mass is 16.5. The first-order chi connectivity index (χ1) is 10.8. The molecule has 120 valence electrons. The van der Waals surface area contributed by atoms with Crippen LogP contribution in [0.15, 0.2) is 18.2 Å². The molecule has 2 aliphatic rings. The van der Waals surface area contributed by atoms with Gasteiger partial charge in [-0.05, 0) is 30.0 Å². The number of nitrogens with one attached hydrogen (secondary N) is 3. The maximum atomic E-state index is 11.8. The molecule has 1 fully saturated rings. The first-order valence-corrected chi connectivity index (χ1v) is 7.90. The van der Waals surface area contributed by atoms with Crippen molar-refractivity contribution in [2.75, 3.05) is 32.8 Å². The molecular weight excluding hydrogens is 282 g/mol. The standard InChI is InChI=1S/C16H23N3O3/c20-16(19-11-14-10-17-5-7-21-14)18-9-12-3-4-15-13(8-12)2-1-6-22-15/h3-4,8,14,17H,1-2,5-7,9-11H2,(H2,18,19,20). The lowest BCUT2D eigenvalue weighted by atomic mass is 10.0. The van der Waals surface area contributed by atoms with Gasteiger partial charge in [-0.25, -0.2) is 4.79 Å². The minimum atomic E-state index is -0.164. The van der Waals surface area contributed by atoms with E-state index in [1.165, 1.54) is 5.56 Å². The summed E-state index contributed by atoms with van der Waals surface area (Å²) in [4.78, 5) is 11.8. The summed E-state index contributed by atoms with van der Waals surface area (Å²) >= 11 is 0. The third-order valence-corrected chi connectivity index (χ3v) is 3.92. The molecule has 1 aromatic carbocycles. The van der Waals surface area contributed by atoms with Gasteiger partial charge in [-0.3, -0.25) is 0 Å². The van der Waals surface area contributed by atoms with Gasteiger partial charge in [0.1, 0.15) is 5.75 Å². The highest BCUT2D eigenvalue weighted by Crippen LogP contribution is 2.25. The lowest BCUT2D eigenvalue weighted by molar-refractivity contribution is 0.0307. The molecule has 22 heavy (non-hydrogen) atoms. The van der Waals surface area contributed by atoms with E-state index in [-0.39, 0.29) is 12.1 Å². The molecule has 1 aromatic rings. The van der Waals surface area contributed by atoms with E-state index in [1.54, 1.807) is 0 Å². The van der Waals surface area contributed by atoms with Crippen LogP contribution < -0.4 is 20.7 Å². The average molecular weight is 305 g/mol. The number of hydrogen-bond donors (Lipinski definition) is 3. The Morgan fingerprint density at radius 1 is 1.32 bits per heavy atom. The van der Waals surface area contributed by atoms with Gasteiger partial charge in [0.2, 0.25) is 0 Å². The lowest BCUT2D eigenvalue weighted by Gasteiger charge is -2.23. The molecule has 1 unspecified atom stereocenters. The fourth-order valence-corrected chi connectivity index (χ4v) is 2.73. The summed E-state index contributed by atoms with van der Waals surface area (Å²) in [6.45, 7) is 4.20. The van der Waals surface area contributed by atoms with Crippen LogP contribution in [0.2, 0.25) is 0 Å². The van der Waals surface area contributed by atoms with Gasteiger partial charge >= 0.3 is 6.03 Å². The Kier molecular flexibility index (Phi) is 5.13. The molecule has 0 aromatic heterocycles. The zero-order chi connectivity index (χ0) is 15.2. The molecule has 3 N–H and O–H groups in total. The topological polar surface area (TPSA) is 71.6 Å². The van der Waals surface area contributed by atoms with Crippen molar-refractivity contribution in [1.82, 2.24) is 16.0 Å². The van der Waals surface area contributed by atoms with Crippen molar-refractivity contribution < 1.29 is 14.3 Å². The van der Waals surface area contributed by atoms with Crippen LogP contribution in [0, 0.1) is 0 Å². The van der Waals surface area contributed by atoms with E-state index in [2.05, 4.69) is 22.0 Å². The Morgan fingerprint density at radius 2 is 2.27 bits per heavy atom. The van der Waals surface area contributed by atoms with Crippen LogP contribution >= 0.6 is 0 Å². The number of amides is 2. The number of ether oxygens (including phenoxy) is 2. The third kappa shape index (κ3) is 4.11. The molecule has 6 heteroatoms. The summed E-state index contributed by atoms with van der Waals surface area (Å²) < 4.78 is 11.1. The maximum absolute atomic E-state index is 11.8. The minimum absolute atomic E-state index is 0.0559. The Hall–Kier alpha value is -1.79. The fraction of sp³-hybridized carbons (Fsp3) is 0.562. The van der Waals surface area contributed by atoms with Gasteiger partial charge in [0.05, 0.1) is 19.3 Å². The number of hydrogen-bond acceptors (Lipinski definition) is 4. The molecule has 0 radical (unpaired) electrons. The monoisotopic (exact) mass is 305 g/mol. The van der Waals surface area contributed by atoms with Crippen molar-refractivity contribution in [1.29, 1.82) is 0 Å². The number of urea groups is 1. The average Bonchev–Trinajstić information content (AvgIpc) is 2.59. The second-order valence-corrected chi connectivity index (χ2v) is 5.65. The van der Waals surface area contributed by atoms with Gasteiger partial charge in [0.15, 0.2) is 0 Å². The van der Waals surface area contributed by atoms with E-state index in [9.17, 15) is 4.79 Å². The molecule has 3 rings (SSSR count). The Bertz CT molecular complexity index is 515. The van der Waals surface area contributed by atoms with Crippen LogP contribution in [0.3, 0.4) is 0 Å². The van der Waals surface area contributed by atoms with E-state index in [1.807, 2.05) is 12.1 Å². The summed E-state index contributed by atoms with van der Waals surface area (Å²) in [5.41, 5.74) is 2.32. The first kappa shape index (κ1) is 15.1. The van der Waals surface area contributed by atoms with Crippen LogP contribution in [-0.4, -0.2) is 45.0 Å². The van der Waals surface area contributed by atoms with E-state index in [4.69, 9.17) is 9.47 Å². The molecule has 0 spiro atoms. The Balaban J connectivity index is 1.42. The van der Waals surface area contributed by atoms with Crippen LogP contribution in [0.4, 0.5) is 4.79 Å². The predicted molar refractivity (Wildman–Crippen MR) is 83.1 cm³/mol. The quantitative estimate of drug-likeness (QED) is 0.769. The van der Waals surface area contributed by atoms with E-state index in [0.717, 1.165) is 43.9 Å². The van der Waals surface area contributed by atoms with Crippen LogP contribution in [0.5, 0.6) is 5.75 Å². The number of morpholine rings is 1. The molecular formula is C16H23N3O3. The van der Waals surface area contributed by atoms with E-state index < -0.39 is 0 Å². The highest BCUT2D eigenvalue weighted by molar-refractivity contribution is 5.73. The molecule has 0 saturated carbocycles. The molecule has 0 aliphatic carbocycles. The zero-order valence-electron chi connectivity index (χ0n) is 12.7. The van der Waals surface area contributed by atoms with Gasteiger partial charge in [0, 0.05) is 26.2 Å². The lowest BCUT2D eigenvalue weighted by Crippen LogP contribution is -2.47. The number of carbonyl (C=O) groups excluding carboxylic acids is 1. The second kappa shape index (κ2) is 7.47. The van der Waals surface area contributed by atoms with E-state index >= 15 is 0 Å². The molecule has 0 bridgehead atoms. The van der Waals surface area contributed by atoms with Crippen molar-refractivity contribution in [3.05, 3.63) is 29.3 Å². The van der Waals surface area contributed by atoms with Crippen molar-refractivity contribution in [3.8, 4) is 5.75 Å². The van der Waals surface area contributed by atoms with Crippen molar-refractivity contribution in [2.45, 2.75) is 25.5 Å². The summed E-state index contributed by atoms with van der Waals surface area (Å²) in [6, 6.07) is 5.94. The van der Waals surface area contributed by atoms with Crippen molar-refractivity contribution in [3.63, 3.8) is 0 Å². The molecule has 2 heterocycles. The summed E-state index contributed by atoms with van der Waals surface area (Å²) in [5, 5.41) is 8.96. The largest absolute Gasteiger partial charge is 0.493 e. The zero-order valence-corrected chi connectivity index (χ0v) is 12.7. The molecule has 2 aliphatic heterocycles. The highest BCUT2D eigenvalue weighted by Gasteiger charge is 2.14. The fourth-order valence-electron chi connectivity index (χ4n) is 2.73. The number of fused-ring (bicyclic) bond motifs is 1. The second-order valence-electron chi connectivity index (χ2n) is 5.65. The number of rotatable bonds is 4. The van der Waals surface area contributed by atoms with Gasteiger partial charge in [-0.15, -0.1) is 0 Å². The summed E-state index contributed by atoms with van der Waals surface area (Å²) in [6.07, 6.45) is 2.15. The predicted octanol–water partition coefficient (Wildman–Crippen LogP) is 0.799. The smallest absolute Gasteiger partial charge is 0.315 e. The van der Waals surface area contributed by atoms with E-state index in [0.29, 0.717) is 19.7 Å². The van der Waals surface area contributed by atoms with Crippen LogP contribution in [0.25, 0.3) is 0 Å². The van der Waals surface area contributed by atoms with Gasteiger partial charge in [-0.1, -0.05) is 12.1 Å².